The minimum absolute atomic E-state index is 0.0410. The molecule has 0 spiro atoms. The van der Waals surface area contributed by atoms with Gasteiger partial charge in [-0.1, -0.05) is 5.16 Å². The summed E-state index contributed by atoms with van der Waals surface area (Å²) in [5, 5.41) is 7.58. The van der Waals surface area contributed by atoms with Crippen molar-refractivity contribution in [1.82, 2.24) is 15.2 Å². The van der Waals surface area contributed by atoms with Crippen molar-refractivity contribution in [2.45, 2.75) is 38.6 Å². The van der Waals surface area contributed by atoms with Crippen molar-refractivity contribution in [1.29, 1.82) is 0 Å². The SMILES string of the molecule is CCOC(=O)C(CC1=C(COC(C)=O)CS[C@@H]2[C@@H](NC(=O)C(=NOC)c3csc(N)n3)C(=O)N12)C(=O)OCC. The van der Waals surface area contributed by atoms with Crippen molar-refractivity contribution >= 4 is 63.7 Å². The van der Waals surface area contributed by atoms with Crippen LogP contribution in [0.3, 0.4) is 0 Å². The third kappa shape index (κ3) is 6.86. The van der Waals surface area contributed by atoms with Gasteiger partial charge in [-0.2, -0.15) is 0 Å². The number of carbonyl (C=O) groups excluding carboxylic acids is 5. The van der Waals surface area contributed by atoms with Gasteiger partial charge in [0.1, 0.15) is 30.8 Å². The number of nitrogens with one attached hydrogen (secondary N) is 1. The molecule has 3 rings (SSSR count). The van der Waals surface area contributed by atoms with Gasteiger partial charge in [0.05, 0.1) is 13.2 Å². The first-order valence-corrected chi connectivity index (χ1v) is 13.8. The van der Waals surface area contributed by atoms with Crippen LogP contribution in [-0.2, 0) is 43.0 Å². The van der Waals surface area contributed by atoms with Crippen LogP contribution in [0.15, 0.2) is 21.8 Å². The summed E-state index contributed by atoms with van der Waals surface area (Å²) < 4.78 is 15.3. The van der Waals surface area contributed by atoms with Crippen molar-refractivity contribution in [2.24, 2.45) is 11.1 Å². The minimum atomic E-state index is -1.34. The molecule has 16 heteroatoms. The molecule has 39 heavy (non-hydrogen) atoms. The molecular weight excluding hydrogens is 554 g/mol. The standard InChI is InChI=1S/C23H29N5O9S2/c1-5-35-21(32)13(22(33)36-6-2)7-15-12(8-37-11(3)29)9-38-20-17(19(31)28(15)20)26-18(30)16(27-34-4)14-10-39-23(24)25-14/h10,13,17,20H,5-9H2,1-4H3,(H2,24,25)(H,26,30)/t17-,20+/m0/s1. The Bertz CT molecular complexity index is 1180. The number of fused-ring (bicyclic) bond motifs is 1. The van der Waals surface area contributed by atoms with Gasteiger partial charge in [0, 0.05) is 30.2 Å². The van der Waals surface area contributed by atoms with Crippen LogP contribution in [-0.4, -0.2) is 89.4 Å². The molecule has 0 saturated carbocycles. The highest BCUT2D eigenvalue weighted by atomic mass is 32.2. The Hall–Kier alpha value is -3.66. The van der Waals surface area contributed by atoms with Crippen LogP contribution < -0.4 is 11.1 Å². The number of rotatable bonds is 12. The maximum Gasteiger partial charge on any atom is 0.320 e. The summed E-state index contributed by atoms with van der Waals surface area (Å²) in [6.45, 7) is 4.39. The first-order chi connectivity index (χ1) is 18.6. The Kier molecular flexibility index (Phi) is 10.3. The number of esters is 3. The highest BCUT2D eigenvalue weighted by Gasteiger charge is 2.53. The normalized spacial score (nSPS) is 18.7. The molecule has 3 heterocycles. The highest BCUT2D eigenvalue weighted by Crippen LogP contribution is 2.42. The number of nitrogens with zero attached hydrogens (tertiary/aromatic N) is 3. The van der Waals surface area contributed by atoms with Crippen molar-refractivity contribution in [3.8, 4) is 0 Å². The number of thioether (sulfide) groups is 1. The summed E-state index contributed by atoms with van der Waals surface area (Å²) in [5.41, 5.74) is 6.57. The number of ether oxygens (including phenoxy) is 3. The molecule has 2 atom stereocenters. The van der Waals surface area contributed by atoms with E-state index in [1.54, 1.807) is 13.8 Å². The van der Waals surface area contributed by atoms with Crippen LogP contribution in [0.5, 0.6) is 0 Å². The van der Waals surface area contributed by atoms with Crippen LogP contribution in [0.2, 0.25) is 0 Å². The fourth-order valence-corrected chi connectivity index (χ4v) is 5.82. The number of allylic oxidation sites excluding steroid dienone is 1. The van der Waals surface area contributed by atoms with Crippen LogP contribution in [0, 0.1) is 5.92 Å². The van der Waals surface area contributed by atoms with Gasteiger partial charge in [0.2, 0.25) is 0 Å². The molecule has 2 aliphatic heterocycles. The van der Waals surface area contributed by atoms with Gasteiger partial charge in [0.15, 0.2) is 16.8 Å². The van der Waals surface area contributed by atoms with Crippen molar-refractivity contribution in [2.75, 3.05) is 38.4 Å². The van der Waals surface area contributed by atoms with Gasteiger partial charge in [0.25, 0.3) is 11.8 Å². The molecule has 2 aliphatic rings. The molecule has 0 bridgehead atoms. The first-order valence-electron chi connectivity index (χ1n) is 11.9. The van der Waals surface area contributed by atoms with Gasteiger partial charge >= 0.3 is 17.9 Å². The van der Waals surface area contributed by atoms with E-state index < -0.39 is 47.1 Å². The molecule has 0 aliphatic carbocycles. The molecule has 14 nitrogen and oxygen atoms in total. The summed E-state index contributed by atoms with van der Waals surface area (Å²) >= 11 is 2.43. The Morgan fingerprint density at radius 1 is 1.21 bits per heavy atom. The van der Waals surface area contributed by atoms with Crippen molar-refractivity contribution < 1.29 is 43.0 Å². The summed E-state index contributed by atoms with van der Waals surface area (Å²) in [5.74, 6) is -4.35. The number of anilines is 1. The average molecular weight is 584 g/mol. The number of hydrogen-bond acceptors (Lipinski definition) is 14. The molecule has 3 N–H and O–H groups in total. The number of aromatic nitrogens is 1. The third-order valence-corrected chi connectivity index (χ3v) is 7.62. The van der Waals surface area contributed by atoms with Crippen LogP contribution in [0.4, 0.5) is 5.13 Å². The number of carbonyl (C=O) groups is 5. The number of nitrogen functional groups attached to an aromatic ring is 1. The second-order valence-electron chi connectivity index (χ2n) is 8.15. The first kappa shape index (κ1) is 29.9. The third-order valence-electron chi connectivity index (χ3n) is 5.61. The second kappa shape index (κ2) is 13.4. The monoisotopic (exact) mass is 583 g/mol. The predicted octanol–water partition coefficient (Wildman–Crippen LogP) is 0.425. The van der Waals surface area contributed by atoms with E-state index >= 15 is 0 Å². The summed E-state index contributed by atoms with van der Waals surface area (Å²) in [6.07, 6.45) is -0.216. The highest BCUT2D eigenvalue weighted by molar-refractivity contribution is 8.00. The zero-order valence-corrected chi connectivity index (χ0v) is 23.4. The van der Waals surface area contributed by atoms with Gasteiger partial charge in [-0.05, 0) is 19.4 Å². The predicted molar refractivity (Wildman–Crippen MR) is 140 cm³/mol. The van der Waals surface area contributed by atoms with Crippen LogP contribution >= 0.6 is 23.1 Å². The topological polar surface area (TPSA) is 189 Å². The lowest BCUT2D eigenvalue weighted by Crippen LogP contribution is -2.70. The second-order valence-corrected chi connectivity index (χ2v) is 10.1. The summed E-state index contributed by atoms with van der Waals surface area (Å²) in [6, 6.07) is -0.950. The molecule has 1 saturated heterocycles. The number of nitrogens with two attached hydrogens (primary N) is 1. The number of β-lactam (4-membered cyclic amide) rings is 1. The summed E-state index contributed by atoms with van der Waals surface area (Å²) in [4.78, 5) is 73.3. The van der Waals surface area contributed by atoms with Crippen LogP contribution in [0.1, 0.15) is 32.9 Å². The zero-order chi connectivity index (χ0) is 28.7. The lowest BCUT2D eigenvalue weighted by molar-refractivity contribution is -0.162. The molecule has 0 radical (unpaired) electrons. The van der Waals surface area contributed by atoms with Crippen molar-refractivity contribution in [3.63, 3.8) is 0 Å². The molecule has 1 fully saturated rings. The molecule has 2 amide bonds. The van der Waals surface area contributed by atoms with E-state index in [9.17, 15) is 24.0 Å². The number of amides is 2. The molecule has 0 aromatic carbocycles. The Morgan fingerprint density at radius 3 is 2.41 bits per heavy atom. The van der Waals surface area contributed by atoms with E-state index in [4.69, 9.17) is 24.8 Å². The van der Waals surface area contributed by atoms with E-state index in [1.165, 1.54) is 36.1 Å². The summed E-state index contributed by atoms with van der Waals surface area (Å²) in [7, 11) is 1.27. The molecule has 1 aromatic rings. The Labute approximate surface area is 232 Å². The number of hydrogen-bond donors (Lipinski definition) is 2. The van der Waals surface area contributed by atoms with Gasteiger partial charge in [-0.3, -0.25) is 28.9 Å². The number of oxime groups is 1. The maximum atomic E-state index is 13.3. The quantitative estimate of drug-likeness (QED) is 0.0863. The molecule has 1 aromatic heterocycles. The van der Waals surface area contributed by atoms with E-state index in [-0.39, 0.29) is 42.8 Å². The van der Waals surface area contributed by atoms with E-state index in [0.29, 0.717) is 17.0 Å². The largest absolute Gasteiger partial charge is 0.465 e. The van der Waals surface area contributed by atoms with E-state index in [0.717, 1.165) is 11.3 Å². The smallest absolute Gasteiger partial charge is 0.320 e. The molecule has 0 unspecified atom stereocenters. The van der Waals surface area contributed by atoms with E-state index in [1.807, 2.05) is 0 Å². The fourth-order valence-electron chi connectivity index (χ4n) is 3.89. The fraction of sp³-hybridized carbons (Fsp3) is 0.522. The number of thiazole rings is 1. The van der Waals surface area contributed by atoms with E-state index in [2.05, 4.69) is 15.5 Å². The van der Waals surface area contributed by atoms with Crippen LogP contribution in [0.25, 0.3) is 0 Å². The van der Waals surface area contributed by atoms with Crippen molar-refractivity contribution in [3.05, 3.63) is 22.3 Å². The van der Waals surface area contributed by atoms with Gasteiger partial charge in [-0.25, -0.2) is 4.98 Å². The minimum Gasteiger partial charge on any atom is -0.465 e. The molecular formula is C23H29N5O9S2. The Balaban J connectivity index is 1.87. The molecule has 212 valence electrons. The Morgan fingerprint density at radius 2 is 1.87 bits per heavy atom. The zero-order valence-electron chi connectivity index (χ0n) is 21.8. The average Bonchev–Trinajstić information content (AvgIpc) is 3.33. The van der Waals surface area contributed by atoms with Gasteiger partial charge < -0.3 is 30.1 Å². The lowest BCUT2D eigenvalue weighted by Gasteiger charge is -2.51. The maximum absolute atomic E-state index is 13.3. The van der Waals surface area contributed by atoms with Gasteiger partial charge in [-0.15, -0.1) is 23.1 Å². The lowest BCUT2D eigenvalue weighted by atomic mass is 9.95.